The van der Waals surface area contributed by atoms with Crippen LogP contribution >= 0.6 is 11.6 Å². The Morgan fingerprint density at radius 3 is 2.45 bits per heavy atom. The van der Waals surface area contributed by atoms with E-state index < -0.39 is 41.4 Å². The number of fused-ring (bicyclic) bond motifs is 1. The lowest BCUT2D eigenvalue weighted by atomic mass is 9.84. The number of amides is 2. The van der Waals surface area contributed by atoms with Gasteiger partial charge in [0.2, 0.25) is 0 Å². The van der Waals surface area contributed by atoms with Crippen molar-refractivity contribution in [3.05, 3.63) is 57.6 Å². The van der Waals surface area contributed by atoms with Gasteiger partial charge in [-0.3, -0.25) is 0 Å². The van der Waals surface area contributed by atoms with Gasteiger partial charge in [-0.25, -0.2) is 4.79 Å². The minimum atomic E-state index is -4.93. The quantitative estimate of drug-likeness (QED) is 0.488. The minimum Gasteiger partial charge on any atom is -0.494 e. The maximum absolute atomic E-state index is 13.3. The number of hydrogen-bond donors (Lipinski definition) is 4. The van der Waals surface area contributed by atoms with Crippen LogP contribution in [-0.4, -0.2) is 35.6 Å². The standard InChI is InChI=1S/C23H26ClF3N2O4/c1-22(2,3)11-8-14(20(31)23(25,26)27)19(33-4)17(9-11)29-21(32)28-16-10-13-12(18(16)30)6-5-7-15(13)24/h5-9,16,18,20,30-31H,10H2,1-4H3,(H2,28,29,32). The number of alkyl halides is 3. The van der Waals surface area contributed by atoms with Crippen LogP contribution in [0, 0.1) is 0 Å². The third-order valence-corrected chi connectivity index (χ3v) is 5.99. The van der Waals surface area contributed by atoms with Gasteiger partial charge in [-0.05, 0) is 46.7 Å². The fourth-order valence-electron chi connectivity index (χ4n) is 3.86. The Morgan fingerprint density at radius 1 is 1.24 bits per heavy atom. The maximum Gasteiger partial charge on any atom is 0.418 e. The lowest BCUT2D eigenvalue weighted by Crippen LogP contribution is -2.40. The molecule has 3 unspecified atom stereocenters. The molecule has 10 heteroatoms. The van der Waals surface area contributed by atoms with Crippen LogP contribution in [-0.2, 0) is 11.8 Å². The first-order chi connectivity index (χ1) is 15.2. The van der Waals surface area contributed by atoms with Gasteiger partial charge in [0.25, 0.3) is 0 Å². The number of methoxy groups -OCH3 is 1. The zero-order valence-corrected chi connectivity index (χ0v) is 19.3. The number of halogens is 4. The molecule has 0 aliphatic heterocycles. The molecule has 3 rings (SSSR count). The van der Waals surface area contributed by atoms with Crippen molar-refractivity contribution < 1.29 is 32.9 Å². The van der Waals surface area contributed by atoms with Gasteiger partial charge in [-0.15, -0.1) is 0 Å². The van der Waals surface area contributed by atoms with Crippen molar-refractivity contribution in [3.63, 3.8) is 0 Å². The van der Waals surface area contributed by atoms with Gasteiger partial charge in [0.1, 0.15) is 5.75 Å². The Labute approximate surface area is 194 Å². The molecule has 4 N–H and O–H groups in total. The first kappa shape index (κ1) is 25.1. The Morgan fingerprint density at radius 2 is 1.91 bits per heavy atom. The monoisotopic (exact) mass is 486 g/mol. The summed E-state index contributed by atoms with van der Waals surface area (Å²) in [6, 6.07) is 6.39. The molecule has 33 heavy (non-hydrogen) atoms. The highest BCUT2D eigenvalue weighted by Crippen LogP contribution is 2.43. The summed E-state index contributed by atoms with van der Waals surface area (Å²) in [6.45, 7) is 5.37. The van der Waals surface area contributed by atoms with Crippen LogP contribution in [0.15, 0.2) is 30.3 Å². The van der Waals surface area contributed by atoms with Crippen molar-refractivity contribution in [1.82, 2.24) is 5.32 Å². The van der Waals surface area contributed by atoms with Crippen LogP contribution in [0.4, 0.5) is 23.7 Å². The van der Waals surface area contributed by atoms with Gasteiger partial charge in [-0.1, -0.05) is 44.5 Å². The lowest BCUT2D eigenvalue weighted by Gasteiger charge is -2.26. The van der Waals surface area contributed by atoms with Gasteiger partial charge in [0, 0.05) is 10.6 Å². The topological polar surface area (TPSA) is 90.8 Å². The van der Waals surface area contributed by atoms with E-state index in [1.807, 2.05) is 0 Å². The first-order valence-electron chi connectivity index (χ1n) is 10.2. The molecular formula is C23H26ClF3N2O4. The normalized spacial score (nSPS) is 19.1. The molecule has 2 amide bonds. The molecule has 0 fully saturated rings. The van der Waals surface area contributed by atoms with Crippen LogP contribution in [0.25, 0.3) is 0 Å². The first-order valence-corrected chi connectivity index (χ1v) is 10.6. The summed E-state index contributed by atoms with van der Waals surface area (Å²) in [7, 11) is 1.15. The zero-order valence-electron chi connectivity index (χ0n) is 18.5. The second kappa shape index (κ2) is 9.04. The van der Waals surface area contributed by atoms with Gasteiger partial charge in [-0.2, -0.15) is 13.2 Å². The van der Waals surface area contributed by atoms with E-state index in [9.17, 15) is 28.2 Å². The highest BCUT2D eigenvalue weighted by atomic mass is 35.5. The molecule has 1 aliphatic carbocycles. The number of urea groups is 1. The van der Waals surface area contributed by atoms with Crippen molar-refractivity contribution >= 4 is 23.3 Å². The largest absolute Gasteiger partial charge is 0.494 e. The zero-order chi connectivity index (χ0) is 24.7. The SMILES string of the molecule is COc1c(NC(=O)NC2Cc3c(Cl)cccc3C2O)cc(C(C)(C)C)cc1C(O)C(F)(F)F. The molecule has 0 spiro atoms. The lowest BCUT2D eigenvalue weighted by molar-refractivity contribution is -0.207. The van der Waals surface area contributed by atoms with Crippen molar-refractivity contribution in [2.75, 3.05) is 12.4 Å². The third kappa shape index (κ3) is 5.20. The highest BCUT2D eigenvalue weighted by molar-refractivity contribution is 6.31. The fourth-order valence-corrected chi connectivity index (χ4v) is 4.12. The third-order valence-electron chi connectivity index (χ3n) is 5.64. The van der Waals surface area contributed by atoms with Gasteiger partial charge in [0.15, 0.2) is 6.10 Å². The average Bonchev–Trinajstić information content (AvgIpc) is 3.02. The van der Waals surface area contributed by atoms with E-state index in [1.54, 1.807) is 39.0 Å². The van der Waals surface area contributed by atoms with Crippen molar-refractivity contribution in [3.8, 4) is 5.75 Å². The van der Waals surface area contributed by atoms with E-state index >= 15 is 0 Å². The number of ether oxygens (including phenoxy) is 1. The Balaban J connectivity index is 1.91. The average molecular weight is 487 g/mol. The molecule has 0 bridgehead atoms. The summed E-state index contributed by atoms with van der Waals surface area (Å²) in [5.41, 5.74) is 0.656. The van der Waals surface area contributed by atoms with E-state index in [1.165, 1.54) is 12.1 Å². The summed E-state index contributed by atoms with van der Waals surface area (Å²) in [6.07, 6.45) is -8.43. The molecular weight excluding hydrogens is 461 g/mol. The minimum absolute atomic E-state index is 0.0382. The number of aliphatic hydroxyl groups excluding tert-OH is 2. The summed E-state index contributed by atoms with van der Waals surface area (Å²) in [5, 5.41) is 26.1. The van der Waals surface area contributed by atoms with Crippen molar-refractivity contribution in [1.29, 1.82) is 0 Å². The molecule has 180 valence electrons. The Kier molecular flexibility index (Phi) is 6.89. The summed E-state index contributed by atoms with van der Waals surface area (Å²) in [5.74, 6) is -0.304. The predicted octanol–water partition coefficient (Wildman–Crippen LogP) is 5.02. The molecule has 3 atom stereocenters. The number of anilines is 1. The van der Waals surface area contributed by atoms with E-state index in [4.69, 9.17) is 16.3 Å². The smallest absolute Gasteiger partial charge is 0.418 e. The number of hydrogen-bond acceptors (Lipinski definition) is 4. The van der Waals surface area contributed by atoms with E-state index in [0.717, 1.165) is 12.7 Å². The van der Waals surface area contributed by atoms with Crippen LogP contribution in [0.2, 0.25) is 5.02 Å². The molecule has 2 aromatic rings. The molecule has 0 aromatic heterocycles. The molecule has 0 radical (unpaired) electrons. The molecule has 2 aromatic carbocycles. The highest BCUT2D eigenvalue weighted by Gasteiger charge is 2.42. The molecule has 0 saturated heterocycles. The van der Waals surface area contributed by atoms with Crippen LogP contribution in [0.5, 0.6) is 5.75 Å². The maximum atomic E-state index is 13.3. The van der Waals surface area contributed by atoms with Gasteiger partial charge < -0.3 is 25.6 Å². The van der Waals surface area contributed by atoms with E-state index in [-0.39, 0.29) is 11.4 Å². The Hall–Kier alpha value is -2.49. The van der Waals surface area contributed by atoms with E-state index in [2.05, 4.69) is 10.6 Å². The molecule has 0 heterocycles. The number of carbonyl (C=O) groups excluding carboxylic acids is 1. The van der Waals surface area contributed by atoms with Crippen LogP contribution in [0.3, 0.4) is 0 Å². The number of benzene rings is 2. The molecule has 1 aliphatic rings. The van der Waals surface area contributed by atoms with Gasteiger partial charge in [0.05, 0.1) is 24.9 Å². The van der Waals surface area contributed by atoms with Crippen molar-refractivity contribution in [2.45, 2.75) is 57.0 Å². The summed E-state index contributed by atoms with van der Waals surface area (Å²) >= 11 is 6.18. The second-order valence-electron chi connectivity index (χ2n) is 9.00. The summed E-state index contributed by atoms with van der Waals surface area (Å²) < 4.78 is 45.1. The van der Waals surface area contributed by atoms with Gasteiger partial charge >= 0.3 is 12.2 Å². The Bertz CT molecular complexity index is 1050. The predicted molar refractivity (Wildman–Crippen MR) is 119 cm³/mol. The molecule has 0 saturated carbocycles. The second-order valence-corrected chi connectivity index (χ2v) is 9.41. The number of nitrogens with one attached hydrogen (secondary N) is 2. The number of rotatable bonds is 4. The number of carbonyl (C=O) groups is 1. The van der Waals surface area contributed by atoms with E-state index in [0.29, 0.717) is 22.6 Å². The van der Waals surface area contributed by atoms with Crippen molar-refractivity contribution in [2.24, 2.45) is 0 Å². The number of aliphatic hydroxyl groups is 2. The van der Waals surface area contributed by atoms with Crippen LogP contribution < -0.4 is 15.4 Å². The molecule has 6 nitrogen and oxygen atoms in total. The van der Waals surface area contributed by atoms with Crippen LogP contribution in [0.1, 0.15) is 55.2 Å². The fraction of sp³-hybridized carbons (Fsp3) is 0.435. The summed E-state index contributed by atoms with van der Waals surface area (Å²) in [4.78, 5) is 12.8.